The van der Waals surface area contributed by atoms with Crippen molar-refractivity contribution < 1.29 is 17.9 Å². The SMILES string of the molecule is CC[C@@H](NC(=O)C1CCN(S(=O)(=O)Cc2cccc(Cl)c2)CC1)c1ccc(OC)cc1. The monoisotopic (exact) mass is 464 g/mol. The smallest absolute Gasteiger partial charge is 0.223 e. The summed E-state index contributed by atoms with van der Waals surface area (Å²) >= 11 is 5.97. The van der Waals surface area contributed by atoms with Gasteiger partial charge >= 0.3 is 0 Å². The Balaban J connectivity index is 1.56. The van der Waals surface area contributed by atoms with Gasteiger partial charge in [-0.25, -0.2) is 12.7 Å². The molecule has 6 nitrogen and oxygen atoms in total. The minimum absolute atomic E-state index is 0.0189. The van der Waals surface area contributed by atoms with E-state index in [1.54, 1.807) is 31.4 Å². The molecule has 0 bridgehead atoms. The molecule has 1 N–H and O–H groups in total. The summed E-state index contributed by atoms with van der Waals surface area (Å²) in [6.07, 6.45) is 1.80. The zero-order chi connectivity index (χ0) is 22.4. The number of carbonyl (C=O) groups excluding carboxylic acids is 1. The van der Waals surface area contributed by atoms with Gasteiger partial charge in [0, 0.05) is 24.0 Å². The van der Waals surface area contributed by atoms with E-state index >= 15 is 0 Å². The summed E-state index contributed by atoms with van der Waals surface area (Å²) in [5, 5.41) is 3.65. The average Bonchev–Trinajstić information content (AvgIpc) is 2.77. The van der Waals surface area contributed by atoms with Gasteiger partial charge in [-0.05, 0) is 54.7 Å². The Morgan fingerprint density at radius 3 is 2.45 bits per heavy atom. The highest BCUT2D eigenvalue weighted by Crippen LogP contribution is 2.25. The van der Waals surface area contributed by atoms with E-state index in [-0.39, 0.29) is 23.6 Å². The topological polar surface area (TPSA) is 75.7 Å². The summed E-state index contributed by atoms with van der Waals surface area (Å²) in [6, 6.07) is 14.5. The van der Waals surface area contributed by atoms with E-state index < -0.39 is 10.0 Å². The molecule has 0 aliphatic carbocycles. The lowest BCUT2D eigenvalue weighted by Crippen LogP contribution is -2.44. The van der Waals surface area contributed by atoms with Crippen molar-refractivity contribution in [3.8, 4) is 5.75 Å². The van der Waals surface area contributed by atoms with Crippen LogP contribution in [0.2, 0.25) is 5.02 Å². The quantitative estimate of drug-likeness (QED) is 0.636. The number of nitrogens with zero attached hydrogens (tertiary/aromatic N) is 1. The second kappa shape index (κ2) is 10.5. The van der Waals surface area contributed by atoms with Gasteiger partial charge in [0.05, 0.1) is 18.9 Å². The van der Waals surface area contributed by atoms with Gasteiger partial charge in [0.1, 0.15) is 5.75 Å². The fourth-order valence-corrected chi connectivity index (χ4v) is 5.64. The van der Waals surface area contributed by atoms with E-state index in [1.165, 1.54) is 4.31 Å². The Bertz CT molecular complexity index is 987. The molecule has 1 aliphatic rings. The highest BCUT2D eigenvalue weighted by Gasteiger charge is 2.32. The molecule has 0 saturated carbocycles. The molecule has 168 valence electrons. The third kappa shape index (κ3) is 6.21. The molecule has 1 fully saturated rings. The summed E-state index contributed by atoms with van der Waals surface area (Å²) in [4.78, 5) is 12.8. The van der Waals surface area contributed by atoms with Crippen molar-refractivity contribution >= 4 is 27.5 Å². The summed E-state index contributed by atoms with van der Waals surface area (Å²) in [6.45, 7) is 2.72. The maximum Gasteiger partial charge on any atom is 0.223 e. The maximum atomic E-state index is 12.8. The number of piperidine rings is 1. The third-order valence-electron chi connectivity index (χ3n) is 5.70. The summed E-state index contributed by atoms with van der Waals surface area (Å²) < 4.78 is 32.2. The number of sulfonamides is 1. The molecule has 0 unspecified atom stereocenters. The van der Waals surface area contributed by atoms with E-state index in [4.69, 9.17) is 16.3 Å². The molecular weight excluding hydrogens is 436 g/mol. The minimum atomic E-state index is -3.45. The highest BCUT2D eigenvalue weighted by atomic mass is 35.5. The van der Waals surface area contributed by atoms with Gasteiger partial charge in [-0.15, -0.1) is 0 Å². The lowest BCUT2D eigenvalue weighted by molar-refractivity contribution is -0.126. The molecule has 0 radical (unpaired) electrons. The molecule has 0 aromatic heterocycles. The number of amides is 1. The largest absolute Gasteiger partial charge is 0.497 e. The summed E-state index contributed by atoms with van der Waals surface area (Å²) in [7, 11) is -1.83. The van der Waals surface area contributed by atoms with Gasteiger partial charge in [-0.1, -0.05) is 42.8 Å². The lowest BCUT2D eigenvalue weighted by atomic mass is 9.95. The normalized spacial score (nSPS) is 16.6. The second-order valence-electron chi connectivity index (χ2n) is 7.80. The van der Waals surface area contributed by atoms with Crippen LogP contribution in [0.4, 0.5) is 0 Å². The van der Waals surface area contributed by atoms with Gasteiger partial charge in [0.2, 0.25) is 15.9 Å². The number of hydrogen-bond acceptors (Lipinski definition) is 4. The van der Waals surface area contributed by atoms with Gasteiger partial charge in [0.15, 0.2) is 0 Å². The first kappa shape index (κ1) is 23.6. The van der Waals surface area contributed by atoms with Crippen molar-refractivity contribution in [2.75, 3.05) is 20.2 Å². The van der Waals surface area contributed by atoms with Crippen molar-refractivity contribution in [3.05, 3.63) is 64.7 Å². The first-order valence-corrected chi connectivity index (χ1v) is 12.5. The molecule has 3 rings (SSSR count). The Morgan fingerprint density at radius 2 is 1.87 bits per heavy atom. The van der Waals surface area contributed by atoms with E-state index in [2.05, 4.69) is 5.32 Å². The van der Waals surface area contributed by atoms with Crippen molar-refractivity contribution in [2.24, 2.45) is 5.92 Å². The number of hydrogen-bond donors (Lipinski definition) is 1. The molecule has 8 heteroatoms. The molecule has 1 aliphatic heterocycles. The number of nitrogens with one attached hydrogen (secondary N) is 1. The van der Waals surface area contributed by atoms with Crippen molar-refractivity contribution in [1.29, 1.82) is 0 Å². The Kier molecular flexibility index (Phi) is 7.97. The average molecular weight is 465 g/mol. The molecule has 1 heterocycles. The van der Waals surface area contributed by atoms with Crippen LogP contribution in [0.1, 0.15) is 43.4 Å². The van der Waals surface area contributed by atoms with Crippen LogP contribution < -0.4 is 10.1 Å². The Labute approximate surface area is 189 Å². The number of ether oxygens (including phenoxy) is 1. The summed E-state index contributed by atoms with van der Waals surface area (Å²) in [5.41, 5.74) is 1.69. The fourth-order valence-electron chi connectivity index (χ4n) is 3.87. The molecule has 2 aromatic carbocycles. The van der Waals surface area contributed by atoms with Gasteiger partial charge in [-0.3, -0.25) is 4.79 Å². The third-order valence-corrected chi connectivity index (χ3v) is 7.78. The lowest BCUT2D eigenvalue weighted by Gasteiger charge is -2.31. The molecule has 1 saturated heterocycles. The van der Waals surface area contributed by atoms with Crippen LogP contribution in [0.25, 0.3) is 0 Å². The number of methoxy groups -OCH3 is 1. The van der Waals surface area contributed by atoms with Crippen LogP contribution in [0.3, 0.4) is 0 Å². The van der Waals surface area contributed by atoms with E-state index in [9.17, 15) is 13.2 Å². The molecule has 1 amide bonds. The summed E-state index contributed by atoms with van der Waals surface area (Å²) in [5.74, 6) is 0.482. The highest BCUT2D eigenvalue weighted by molar-refractivity contribution is 7.88. The van der Waals surface area contributed by atoms with Crippen LogP contribution in [0.15, 0.2) is 48.5 Å². The van der Waals surface area contributed by atoms with Crippen molar-refractivity contribution in [2.45, 2.75) is 38.0 Å². The molecule has 0 spiro atoms. The fraction of sp³-hybridized carbons (Fsp3) is 0.435. The zero-order valence-electron chi connectivity index (χ0n) is 17.9. The van der Waals surface area contributed by atoms with Crippen LogP contribution >= 0.6 is 11.6 Å². The Morgan fingerprint density at radius 1 is 1.19 bits per heavy atom. The van der Waals surface area contributed by atoms with Crippen LogP contribution in [0, 0.1) is 5.92 Å². The van der Waals surface area contributed by atoms with Gasteiger partial charge in [0.25, 0.3) is 0 Å². The molecule has 31 heavy (non-hydrogen) atoms. The predicted octanol–water partition coefficient (Wildman–Crippen LogP) is 4.16. The minimum Gasteiger partial charge on any atom is -0.497 e. The Hall–Kier alpha value is -2.09. The number of halogens is 1. The number of carbonyl (C=O) groups is 1. The standard InChI is InChI=1S/C23H29ClN2O4S/c1-3-22(18-7-9-21(30-2)10-8-18)25-23(27)19-11-13-26(14-12-19)31(28,29)16-17-5-4-6-20(24)15-17/h4-10,15,19,22H,3,11-14,16H2,1-2H3,(H,25,27)/t22-/m1/s1. The van der Waals surface area contributed by atoms with Crippen LogP contribution in [-0.4, -0.2) is 38.8 Å². The van der Waals surface area contributed by atoms with Gasteiger partial charge in [-0.2, -0.15) is 0 Å². The second-order valence-corrected chi connectivity index (χ2v) is 10.2. The first-order valence-electron chi connectivity index (χ1n) is 10.5. The zero-order valence-corrected chi connectivity index (χ0v) is 19.5. The predicted molar refractivity (Wildman–Crippen MR) is 123 cm³/mol. The first-order chi connectivity index (χ1) is 14.8. The number of benzene rings is 2. The van der Waals surface area contributed by atoms with E-state index in [1.807, 2.05) is 31.2 Å². The maximum absolute atomic E-state index is 12.8. The van der Waals surface area contributed by atoms with Crippen LogP contribution in [-0.2, 0) is 20.6 Å². The molecule has 2 aromatic rings. The number of rotatable bonds is 8. The van der Waals surface area contributed by atoms with Crippen molar-refractivity contribution in [1.82, 2.24) is 9.62 Å². The van der Waals surface area contributed by atoms with Crippen LogP contribution in [0.5, 0.6) is 5.75 Å². The van der Waals surface area contributed by atoms with E-state index in [0.29, 0.717) is 36.5 Å². The van der Waals surface area contributed by atoms with Gasteiger partial charge < -0.3 is 10.1 Å². The molecule has 1 atom stereocenters. The van der Waals surface area contributed by atoms with E-state index in [0.717, 1.165) is 17.7 Å². The molecular formula is C23H29ClN2O4S. The van der Waals surface area contributed by atoms with Crippen molar-refractivity contribution in [3.63, 3.8) is 0 Å².